The van der Waals surface area contributed by atoms with Crippen molar-refractivity contribution in [2.75, 3.05) is 28.2 Å². The van der Waals surface area contributed by atoms with Crippen LogP contribution in [0.1, 0.15) is 72.6 Å². The molecule has 1 aromatic heterocycles. The van der Waals surface area contributed by atoms with Crippen molar-refractivity contribution in [3.05, 3.63) is 24.4 Å². The van der Waals surface area contributed by atoms with Crippen molar-refractivity contribution in [2.45, 2.75) is 90.4 Å². The lowest BCUT2D eigenvalue weighted by Gasteiger charge is -2.40. The molecule has 35 heavy (non-hydrogen) atoms. The highest BCUT2D eigenvalue weighted by atomic mass is 16.5. The Hall–Kier alpha value is -3.03. The molecule has 1 saturated heterocycles. The Labute approximate surface area is 208 Å². The Morgan fingerprint density at radius 2 is 1.86 bits per heavy atom. The molecule has 2 fully saturated rings. The Balaban J connectivity index is 1.46. The van der Waals surface area contributed by atoms with Crippen LogP contribution in [-0.4, -0.2) is 46.7 Å². The summed E-state index contributed by atoms with van der Waals surface area (Å²) in [6, 6.07) is 6.41. The summed E-state index contributed by atoms with van der Waals surface area (Å²) in [7, 11) is 0. The van der Waals surface area contributed by atoms with Gasteiger partial charge in [-0.1, -0.05) is 12.8 Å². The number of hydrogen-bond acceptors (Lipinski definition) is 7. The maximum absolute atomic E-state index is 13.3. The number of amides is 1. The van der Waals surface area contributed by atoms with Gasteiger partial charge >= 0.3 is 0 Å². The third-order valence-corrected chi connectivity index (χ3v) is 7.05. The highest BCUT2D eigenvalue weighted by Crippen LogP contribution is 2.41. The SMILES string of the molecule is CC(C)Oc1cc(N2CCCCC2)ccc1Nc1ncc2c(n1)N(C1CCCC1)C(=O)C(C)(C)O2. The molecule has 5 rings (SSSR count). The minimum atomic E-state index is -0.934. The molecular formula is C27H37N5O3. The average Bonchev–Trinajstić information content (AvgIpc) is 3.36. The van der Waals surface area contributed by atoms with Crippen LogP contribution in [-0.2, 0) is 4.79 Å². The number of benzene rings is 1. The third kappa shape index (κ3) is 4.88. The van der Waals surface area contributed by atoms with E-state index in [-0.39, 0.29) is 18.1 Å². The van der Waals surface area contributed by atoms with Crippen LogP contribution >= 0.6 is 0 Å². The van der Waals surface area contributed by atoms with Gasteiger partial charge in [-0.25, -0.2) is 4.98 Å². The smallest absolute Gasteiger partial charge is 0.272 e. The van der Waals surface area contributed by atoms with E-state index in [1.807, 2.05) is 38.7 Å². The van der Waals surface area contributed by atoms with Crippen LogP contribution in [0.3, 0.4) is 0 Å². The predicted molar refractivity (Wildman–Crippen MR) is 138 cm³/mol. The monoisotopic (exact) mass is 479 g/mol. The van der Waals surface area contributed by atoms with Gasteiger partial charge in [-0.3, -0.25) is 9.69 Å². The molecule has 1 saturated carbocycles. The van der Waals surface area contributed by atoms with Gasteiger partial charge in [0.15, 0.2) is 17.2 Å². The van der Waals surface area contributed by atoms with Crippen LogP contribution in [0.2, 0.25) is 0 Å². The number of nitrogens with one attached hydrogen (secondary N) is 1. The highest BCUT2D eigenvalue weighted by molar-refractivity contribution is 6.02. The predicted octanol–water partition coefficient (Wildman–Crippen LogP) is 5.44. The van der Waals surface area contributed by atoms with Crippen molar-refractivity contribution < 1.29 is 14.3 Å². The molecule has 0 bridgehead atoms. The van der Waals surface area contributed by atoms with E-state index in [1.54, 1.807) is 6.20 Å². The van der Waals surface area contributed by atoms with Crippen LogP contribution in [0.15, 0.2) is 24.4 Å². The summed E-state index contributed by atoms with van der Waals surface area (Å²) in [6.45, 7) is 9.82. The molecule has 1 N–H and O–H groups in total. The number of carbonyl (C=O) groups excluding carboxylic acids is 1. The van der Waals surface area contributed by atoms with Crippen molar-refractivity contribution in [3.63, 3.8) is 0 Å². The van der Waals surface area contributed by atoms with Gasteiger partial charge in [-0.15, -0.1) is 0 Å². The molecule has 3 heterocycles. The zero-order chi connectivity index (χ0) is 24.6. The van der Waals surface area contributed by atoms with Crippen LogP contribution in [0.4, 0.5) is 23.1 Å². The minimum Gasteiger partial charge on any atom is -0.489 e. The van der Waals surface area contributed by atoms with Gasteiger partial charge in [-0.05, 0) is 71.9 Å². The number of fused-ring (bicyclic) bond motifs is 1. The Bertz CT molecular complexity index is 1070. The zero-order valence-corrected chi connectivity index (χ0v) is 21.3. The number of aromatic nitrogens is 2. The fourth-order valence-electron chi connectivity index (χ4n) is 5.31. The first-order valence-corrected chi connectivity index (χ1v) is 13.0. The lowest BCUT2D eigenvalue weighted by Crippen LogP contribution is -2.55. The second kappa shape index (κ2) is 9.55. The largest absolute Gasteiger partial charge is 0.489 e. The molecule has 0 spiro atoms. The summed E-state index contributed by atoms with van der Waals surface area (Å²) in [5.74, 6) is 2.24. The van der Waals surface area contributed by atoms with E-state index < -0.39 is 5.60 Å². The highest BCUT2D eigenvalue weighted by Gasteiger charge is 2.45. The molecule has 1 aliphatic carbocycles. The molecule has 8 heteroatoms. The van der Waals surface area contributed by atoms with E-state index in [0.29, 0.717) is 17.5 Å². The third-order valence-electron chi connectivity index (χ3n) is 7.05. The lowest BCUT2D eigenvalue weighted by molar-refractivity contribution is -0.133. The van der Waals surface area contributed by atoms with Crippen molar-refractivity contribution in [1.29, 1.82) is 0 Å². The molecule has 1 aromatic carbocycles. The summed E-state index contributed by atoms with van der Waals surface area (Å²) in [6.07, 6.45) is 9.66. The zero-order valence-electron chi connectivity index (χ0n) is 21.3. The summed E-state index contributed by atoms with van der Waals surface area (Å²) in [5, 5.41) is 3.35. The summed E-state index contributed by atoms with van der Waals surface area (Å²) >= 11 is 0. The minimum absolute atomic E-state index is 0.0303. The van der Waals surface area contributed by atoms with Crippen molar-refractivity contribution in [1.82, 2.24) is 9.97 Å². The van der Waals surface area contributed by atoms with E-state index in [0.717, 1.165) is 50.2 Å². The second-order valence-electron chi connectivity index (χ2n) is 10.6. The quantitative estimate of drug-likeness (QED) is 0.590. The summed E-state index contributed by atoms with van der Waals surface area (Å²) < 4.78 is 12.2. The molecule has 3 aliphatic rings. The fraction of sp³-hybridized carbons (Fsp3) is 0.593. The first-order chi connectivity index (χ1) is 16.8. The maximum Gasteiger partial charge on any atom is 0.272 e. The number of hydrogen-bond donors (Lipinski definition) is 1. The molecule has 0 atom stereocenters. The van der Waals surface area contributed by atoms with Crippen LogP contribution in [0.5, 0.6) is 11.5 Å². The number of ether oxygens (including phenoxy) is 2. The van der Waals surface area contributed by atoms with E-state index >= 15 is 0 Å². The molecule has 0 radical (unpaired) electrons. The first kappa shape index (κ1) is 23.7. The number of carbonyl (C=O) groups is 1. The fourth-order valence-corrected chi connectivity index (χ4v) is 5.31. The summed E-state index contributed by atoms with van der Waals surface area (Å²) in [5.41, 5.74) is 1.04. The van der Waals surface area contributed by atoms with Crippen molar-refractivity contribution >= 4 is 29.0 Å². The molecule has 8 nitrogen and oxygen atoms in total. The lowest BCUT2D eigenvalue weighted by atomic mass is 10.0. The molecule has 2 aliphatic heterocycles. The number of anilines is 4. The van der Waals surface area contributed by atoms with E-state index in [4.69, 9.17) is 14.5 Å². The van der Waals surface area contributed by atoms with Gasteiger partial charge in [0.05, 0.1) is 18.0 Å². The van der Waals surface area contributed by atoms with E-state index in [2.05, 4.69) is 27.3 Å². The van der Waals surface area contributed by atoms with Gasteiger partial charge in [0.25, 0.3) is 5.91 Å². The number of nitrogens with zero attached hydrogens (tertiary/aromatic N) is 4. The second-order valence-corrected chi connectivity index (χ2v) is 10.6. The van der Waals surface area contributed by atoms with Crippen LogP contribution in [0, 0.1) is 0 Å². The van der Waals surface area contributed by atoms with Gasteiger partial charge in [0.1, 0.15) is 5.75 Å². The summed E-state index contributed by atoms with van der Waals surface area (Å²) in [4.78, 5) is 26.9. The standard InChI is InChI=1S/C27H37N5O3/c1-18(2)34-22-16-20(31-14-8-5-9-15-31)12-13-21(22)29-26-28-17-23-24(30-26)32(19-10-6-7-11-19)25(33)27(3,4)35-23/h12-13,16-19H,5-11,14-15H2,1-4H3,(H,28,29,30). The molecule has 2 aromatic rings. The van der Waals surface area contributed by atoms with E-state index in [9.17, 15) is 4.79 Å². The molecule has 1 amide bonds. The average molecular weight is 480 g/mol. The van der Waals surface area contributed by atoms with Gasteiger partial charge in [0.2, 0.25) is 5.95 Å². The molecule has 0 unspecified atom stereocenters. The Kier molecular flexibility index (Phi) is 6.47. The molecule has 188 valence electrons. The van der Waals surface area contributed by atoms with Crippen LogP contribution in [0.25, 0.3) is 0 Å². The van der Waals surface area contributed by atoms with Crippen LogP contribution < -0.4 is 24.6 Å². The van der Waals surface area contributed by atoms with Gasteiger partial charge < -0.3 is 19.7 Å². The van der Waals surface area contributed by atoms with Gasteiger partial charge in [0, 0.05) is 30.9 Å². The van der Waals surface area contributed by atoms with E-state index in [1.165, 1.54) is 24.9 Å². The number of rotatable bonds is 6. The van der Waals surface area contributed by atoms with Crippen molar-refractivity contribution in [2.24, 2.45) is 0 Å². The Morgan fingerprint density at radius 1 is 1.11 bits per heavy atom. The Morgan fingerprint density at radius 3 is 2.57 bits per heavy atom. The first-order valence-electron chi connectivity index (χ1n) is 13.0. The number of piperidine rings is 1. The molecular weight excluding hydrogens is 442 g/mol. The maximum atomic E-state index is 13.3. The normalized spacial score (nSPS) is 20.1. The topological polar surface area (TPSA) is 79.8 Å². The van der Waals surface area contributed by atoms with Crippen molar-refractivity contribution in [3.8, 4) is 11.5 Å². The van der Waals surface area contributed by atoms with Gasteiger partial charge in [-0.2, -0.15) is 4.98 Å².